The molecule has 2 heterocycles. The lowest BCUT2D eigenvalue weighted by Gasteiger charge is -2.30. The SMILES string of the molecule is CCCN(Cc1ncccc1C)CC1CCNCC1. The molecule has 0 aromatic carbocycles. The molecule has 1 N–H and O–H groups in total. The molecule has 0 radical (unpaired) electrons. The molecular formula is C16H27N3. The molecule has 1 aromatic heterocycles. The molecule has 3 heteroatoms. The molecule has 1 fully saturated rings. The molecule has 19 heavy (non-hydrogen) atoms. The summed E-state index contributed by atoms with van der Waals surface area (Å²) in [5.41, 5.74) is 2.55. The van der Waals surface area contributed by atoms with Gasteiger partial charge < -0.3 is 5.32 Å². The van der Waals surface area contributed by atoms with E-state index in [4.69, 9.17) is 0 Å². The third kappa shape index (κ3) is 4.59. The monoisotopic (exact) mass is 261 g/mol. The van der Waals surface area contributed by atoms with Gasteiger partial charge in [-0.15, -0.1) is 0 Å². The van der Waals surface area contributed by atoms with Crippen molar-refractivity contribution in [2.24, 2.45) is 5.92 Å². The van der Waals surface area contributed by atoms with Crippen molar-refractivity contribution in [3.8, 4) is 0 Å². The van der Waals surface area contributed by atoms with Crippen LogP contribution in [0.25, 0.3) is 0 Å². The van der Waals surface area contributed by atoms with E-state index in [1.165, 1.54) is 56.7 Å². The van der Waals surface area contributed by atoms with Crippen LogP contribution in [0.15, 0.2) is 18.3 Å². The zero-order valence-corrected chi connectivity index (χ0v) is 12.4. The van der Waals surface area contributed by atoms with Crippen LogP contribution in [0.1, 0.15) is 37.4 Å². The van der Waals surface area contributed by atoms with Crippen molar-refractivity contribution >= 4 is 0 Å². The Balaban J connectivity index is 1.93. The first-order chi connectivity index (χ1) is 9.29. The first-order valence-electron chi connectivity index (χ1n) is 7.63. The van der Waals surface area contributed by atoms with Crippen molar-refractivity contribution in [3.63, 3.8) is 0 Å². The van der Waals surface area contributed by atoms with Gasteiger partial charge in [0.1, 0.15) is 0 Å². The maximum absolute atomic E-state index is 4.54. The fourth-order valence-corrected chi connectivity index (χ4v) is 2.88. The van der Waals surface area contributed by atoms with Crippen LogP contribution in [-0.4, -0.2) is 36.1 Å². The number of nitrogens with one attached hydrogen (secondary N) is 1. The van der Waals surface area contributed by atoms with Crippen molar-refractivity contribution in [3.05, 3.63) is 29.6 Å². The molecule has 0 amide bonds. The number of hydrogen-bond donors (Lipinski definition) is 1. The minimum Gasteiger partial charge on any atom is -0.317 e. The van der Waals surface area contributed by atoms with Crippen LogP contribution in [0.3, 0.4) is 0 Å². The number of pyridine rings is 1. The molecule has 106 valence electrons. The van der Waals surface area contributed by atoms with E-state index >= 15 is 0 Å². The summed E-state index contributed by atoms with van der Waals surface area (Å²) in [7, 11) is 0. The number of rotatable bonds is 6. The Bertz CT molecular complexity index is 372. The third-order valence-corrected chi connectivity index (χ3v) is 4.01. The van der Waals surface area contributed by atoms with Crippen LogP contribution in [-0.2, 0) is 6.54 Å². The van der Waals surface area contributed by atoms with Crippen LogP contribution in [0, 0.1) is 12.8 Å². The Kier molecular flexibility index (Phi) is 5.80. The average Bonchev–Trinajstić information content (AvgIpc) is 2.43. The molecule has 0 bridgehead atoms. The Morgan fingerprint density at radius 2 is 2.16 bits per heavy atom. The molecule has 0 spiro atoms. The van der Waals surface area contributed by atoms with Gasteiger partial charge in [-0.25, -0.2) is 0 Å². The molecule has 1 aromatic rings. The molecule has 0 atom stereocenters. The normalized spacial score (nSPS) is 17.0. The zero-order chi connectivity index (χ0) is 13.5. The van der Waals surface area contributed by atoms with Gasteiger partial charge in [-0.2, -0.15) is 0 Å². The van der Waals surface area contributed by atoms with E-state index < -0.39 is 0 Å². The van der Waals surface area contributed by atoms with E-state index in [9.17, 15) is 0 Å². The predicted molar refractivity (Wildman–Crippen MR) is 80.1 cm³/mol. The highest BCUT2D eigenvalue weighted by Gasteiger charge is 2.17. The molecule has 3 nitrogen and oxygen atoms in total. The highest BCUT2D eigenvalue weighted by atomic mass is 15.1. The summed E-state index contributed by atoms with van der Waals surface area (Å²) in [4.78, 5) is 7.13. The lowest BCUT2D eigenvalue weighted by molar-refractivity contribution is 0.196. The minimum absolute atomic E-state index is 0.858. The van der Waals surface area contributed by atoms with Gasteiger partial charge in [0, 0.05) is 19.3 Å². The van der Waals surface area contributed by atoms with Crippen molar-refractivity contribution in [2.45, 2.75) is 39.7 Å². The lowest BCUT2D eigenvalue weighted by atomic mass is 9.97. The van der Waals surface area contributed by atoms with Crippen LogP contribution < -0.4 is 5.32 Å². The standard InChI is InChI=1S/C16H27N3/c1-3-11-19(12-15-6-9-17-10-7-15)13-16-14(2)5-4-8-18-16/h4-5,8,15,17H,3,6-7,9-13H2,1-2H3. The van der Waals surface area contributed by atoms with Gasteiger partial charge in [-0.05, 0) is 63.4 Å². The van der Waals surface area contributed by atoms with E-state index in [-0.39, 0.29) is 0 Å². The summed E-state index contributed by atoms with van der Waals surface area (Å²) in [6, 6.07) is 4.19. The van der Waals surface area contributed by atoms with Crippen LogP contribution in [0.5, 0.6) is 0 Å². The maximum Gasteiger partial charge on any atom is 0.0573 e. The summed E-state index contributed by atoms with van der Waals surface area (Å²) < 4.78 is 0. The number of nitrogens with zero attached hydrogens (tertiary/aromatic N) is 2. The Morgan fingerprint density at radius 1 is 1.37 bits per heavy atom. The van der Waals surface area contributed by atoms with Crippen molar-refractivity contribution in [2.75, 3.05) is 26.2 Å². The molecule has 1 aliphatic heterocycles. The molecule has 0 unspecified atom stereocenters. The van der Waals surface area contributed by atoms with Gasteiger partial charge in [-0.3, -0.25) is 9.88 Å². The van der Waals surface area contributed by atoms with Crippen molar-refractivity contribution in [1.82, 2.24) is 15.2 Å². The van der Waals surface area contributed by atoms with E-state index in [1.807, 2.05) is 12.3 Å². The van der Waals surface area contributed by atoms with E-state index in [1.54, 1.807) is 0 Å². The van der Waals surface area contributed by atoms with Gasteiger partial charge in [0.15, 0.2) is 0 Å². The fraction of sp³-hybridized carbons (Fsp3) is 0.688. The summed E-state index contributed by atoms with van der Waals surface area (Å²) in [5, 5.41) is 3.45. The van der Waals surface area contributed by atoms with E-state index in [0.29, 0.717) is 0 Å². The second-order valence-corrected chi connectivity index (χ2v) is 5.70. The number of aryl methyl sites for hydroxylation is 1. The first kappa shape index (κ1) is 14.5. The van der Waals surface area contributed by atoms with Crippen LogP contribution in [0.2, 0.25) is 0 Å². The molecular weight excluding hydrogens is 234 g/mol. The Hall–Kier alpha value is -0.930. The smallest absolute Gasteiger partial charge is 0.0573 e. The van der Waals surface area contributed by atoms with Crippen molar-refractivity contribution in [1.29, 1.82) is 0 Å². The second-order valence-electron chi connectivity index (χ2n) is 5.70. The lowest BCUT2D eigenvalue weighted by Crippen LogP contribution is -2.36. The van der Waals surface area contributed by atoms with E-state index in [0.717, 1.165) is 12.5 Å². The topological polar surface area (TPSA) is 28.2 Å². The Morgan fingerprint density at radius 3 is 2.84 bits per heavy atom. The first-order valence-corrected chi connectivity index (χ1v) is 7.63. The highest BCUT2D eigenvalue weighted by Crippen LogP contribution is 2.16. The molecule has 0 saturated carbocycles. The fourth-order valence-electron chi connectivity index (χ4n) is 2.88. The quantitative estimate of drug-likeness (QED) is 0.853. The summed E-state index contributed by atoms with van der Waals surface area (Å²) in [6.07, 6.45) is 5.77. The van der Waals surface area contributed by atoms with Crippen LogP contribution in [0.4, 0.5) is 0 Å². The largest absolute Gasteiger partial charge is 0.317 e. The minimum atomic E-state index is 0.858. The second kappa shape index (κ2) is 7.61. The van der Waals surface area contributed by atoms with Gasteiger partial charge in [0.25, 0.3) is 0 Å². The van der Waals surface area contributed by atoms with Gasteiger partial charge in [0.05, 0.1) is 5.69 Å². The molecule has 1 aliphatic rings. The number of hydrogen-bond acceptors (Lipinski definition) is 3. The average molecular weight is 261 g/mol. The highest BCUT2D eigenvalue weighted by molar-refractivity contribution is 5.17. The summed E-state index contributed by atoms with van der Waals surface area (Å²) in [6.45, 7) is 10.2. The molecule has 0 aliphatic carbocycles. The summed E-state index contributed by atoms with van der Waals surface area (Å²) in [5.74, 6) is 0.858. The number of piperidine rings is 1. The molecule has 1 saturated heterocycles. The third-order valence-electron chi connectivity index (χ3n) is 4.01. The number of aromatic nitrogens is 1. The Labute approximate surface area is 117 Å². The van der Waals surface area contributed by atoms with Crippen molar-refractivity contribution < 1.29 is 0 Å². The van der Waals surface area contributed by atoms with Gasteiger partial charge in [-0.1, -0.05) is 13.0 Å². The summed E-state index contributed by atoms with van der Waals surface area (Å²) >= 11 is 0. The molecule has 2 rings (SSSR count). The van der Waals surface area contributed by atoms with Crippen LogP contribution >= 0.6 is 0 Å². The van der Waals surface area contributed by atoms with E-state index in [2.05, 4.69) is 35.1 Å². The van der Waals surface area contributed by atoms with Gasteiger partial charge >= 0.3 is 0 Å². The van der Waals surface area contributed by atoms with Gasteiger partial charge in [0.2, 0.25) is 0 Å². The predicted octanol–water partition coefficient (Wildman–Crippen LogP) is 2.60. The maximum atomic E-state index is 4.54. The zero-order valence-electron chi connectivity index (χ0n) is 12.4.